The number of pyridine rings is 2. The first kappa shape index (κ1) is 35.6. The summed E-state index contributed by atoms with van der Waals surface area (Å²) in [5.41, 5.74) is 11.6. The topological polar surface area (TPSA) is 25.8 Å². The second-order valence-electron chi connectivity index (χ2n) is 13.4. The molecule has 0 unspecified atom stereocenters. The molecular weight excluding hydrogens is 865 g/mol. The molecule has 0 atom stereocenters. The Hall–Kier alpha value is -4.19. The molecule has 0 N–H and O–H groups in total. The molecule has 0 saturated carbocycles. The van der Waals surface area contributed by atoms with Crippen LogP contribution in [0.4, 0.5) is 0 Å². The normalized spacial score (nSPS) is 11.1. The van der Waals surface area contributed by atoms with Crippen molar-refractivity contribution >= 4 is 49.2 Å². The summed E-state index contributed by atoms with van der Waals surface area (Å²) in [7, 11) is 0. The van der Waals surface area contributed by atoms with E-state index in [2.05, 4.69) is 151 Å². The van der Waals surface area contributed by atoms with Crippen molar-refractivity contribution in [2.75, 3.05) is 0 Å². The number of thiophene rings is 1. The van der Waals surface area contributed by atoms with E-state index in [1.54, 1.807) is 0 Å². The van der Waals surface area contributed by atoms with Gasteiger partial charge in [0.15, 0.2) is 0 Å². The SMILES string of the molecule is Cc1cc(-c2[c-]ccc3c2sc2cc(-c4ccccc4)ccc23)ncc1-c1ccccc1.Cc1cc(-c2[c-]cccc2)nc[c]1[Ge]([CH3])([CH3])[CH3].[Ir]. The first-order valence-electron chi connectivity index (χ1n) is 16.7. The number of hydrogen-bond acceptors (Lipinski definition) is 3. The van der Waals surface area contributed by atoms with Gasteiger partial charge in [0, 0.05) is 36.6 Å². The standard InChI is InChI=1S/C30H20NS.C15H18GeN.Ir/c1-20-17-28(31-19-27(20)22-11-6-3-7-12-22)26-14-8-13-25-24-16-15-23(18-29(24)32-30(25)26)21-9-4-2-5-10-21;1-12-10-15(13-8-6-5-7-9-13)17-11-14(12)16(2,3)4;/h2-13,15-19H,1H3;5-8,10-11H,1-4H3;/q2*-1;. The number of nitrogens with zero attached hydrogens (tertiary/aromatic N) is 2. The van der Waals surface area contributed by atoms with E-state index in [4.69, 9.17) is 4.98 Å². The van der Waals surface area contributed by atoms with E-state index >= 15 is 0 Å². The monoisotopic (exact) mass is 905 g/mol. The minimum atomic E-state index is -1.77. The van der Waals surface area contributed by atoms with Crippen LogP contribution in [0, 0.1) is 26.0 Å². The van der Waals surface area contributed by atoms with Crippen molar-refractivity contribution in [1.29, 1.82) is 0 Å². The number of fused-ring (bicyclic) bond motifs is 3. The van der Waals surface area contributed by atoms with E-state index < -0.39 is 13.3 Å². The third-order valence-electron chi connectivity index (χ3n) is 8.90. The summed E-state index contributed by atoms with van der Waals surface area (Å²) in [4.78, 5) is 9.44. The minimum Gasteiger partial charge on any atom is 0 e. The number of hydrogen-bond donors (Lipinski definition) is 0. The molecule has 0 spiro atoms. The third-order valence-corrected chi connectivity index (χ3v) is 14.6. The molecule has 0 bridgehead atoms. The first-order valence-corrected chi connectivity index (χ1v) is 24.8. The zero-order valence-corrected chi connectivity index (χ0v) is 34.2. The second-order valence-corrected chi connectivity index (χ2v) is 25.1. The van der Waals surface area contributed by atoms with Crippen LogP contribution in [0.5, 0.6) is 0 Å². The van der Waals surface area contributed by atoms with Crippen LogP contribution in [-0.2, 0) is 20.1 Å². The van der Waals surface area contributed by atoms with E-state index in [1.807, 2.05) is 47.9 Å². The Balaban J connectivity index is 0.000000204. The van der Waals surface area contributed by atoms with E-state index in [1.165, 1.54) is 57.9 Å². The van der Waals surface area contributed by atoms with E-state index in [-0.39, 0.29) is 20.1 Å². The molecule has 5 heteroatoms. The van der Waals surface area contributed by atoms with Gasteiger partial charge in [-0.25, -0.2) is 0 Å². The molecule has 3 aromatic heterocycles. The largest absolute Gasteiger partial charge is 0 e. The molecule has 0 aliphatic rings. The zero-order valence-electron chi connectivity index (χ0n) is 28.9. The van der Waals surface area contributed by atoms with Gasteiger partial charge in [-0.15, -0.1) is 23.8 Å². The van der Waals surface area contributed by atoms with Crippen LogP contribution < -0.4 is 4.40 Å². The number of aromatic nitrogens is 2. The van der Waals surface area contributed by atoms with Gasteiger partial charge in [-0.3, -0.25) is 0 Å². The number of rotatable bonds is 5. The van der Waals surface area contributed by atoms with Crippen LogP contribution in [0.2, 0.25) is 17.3 Å². The van der Waals surface area contributed by atoms with Gasteiger partial charge in [0.2, 0.25) is 0 Å². The van der Waals surface area contributed by atoms with Crippen molar-refractivity contribution in [2.45, 2.75) is 31.1 Å². The molecule has 5 aromatic carbocycles. The van der Waals surface area contributed by atoms with Crippen LogP contribution >= 0.6 is 11.3 Å². The third kappa shape index (κ3) is 7.60. The van der Waals surface area contributed by atoms with Crippen LogP contribution in [0.3, 0.4) is 0 Å². The Morgan fingerprint density at radius 1 is 0.580 bits per heavy atom. The Morgan fingerprint density at radius 2 is 1.26 bits per heavy atom. The van der Waals surface area contributed by atoms with Crippen LogP contribution in [0.25, 0.3) is 64.9 Å². The van der Waals surface area contributed by atoms with Gasteiger partial charge in [-0.2, -0.15) is 11.3 Å². The fourth-order valence-corrected chi connectivity index (χ4v) is 11.2. The Bertz CT molecular complexity index is 2380. The molecule has 8 rings (SSSR count). The van der Waals surface area contributed by atoms with Crippen molar-refractivity contribution in [3.63, 3.8) is 0 Å². The minimum absolute atomic E-state index is 0. The zero-order chi connectivity index (χ0) is 34.0. The molecule has 2 nitrogen and oxygen atoms in total. The summed E-state index contributed by atoms with van der Waals surface area (Å²) in [6, 6.07) is 51.0. The Kier molecular flexibility index (Phi) is 11.0. The molecule has 1 radical (unpaired) electrons. The van der Waals surface area contributed by atoms with Gasteiger partial charge in [0.1, 0.15) is 0 Å². The maximum atomic E-state index is 4.85. The number of benzene rings is 5. The van der Waals surface area contributed by atoms with Crippen LogP contribution in [-0.4, -0.2) is 23.2 Å². The smallest absolute Gasteiger partial charge is 0 e. The van der Waals surface area contributed by atoms with E-state index in [0.717, 1.165) is 22.5 Å². The van der Waals surface area contributed by atoms with E-state index in [0.29, 0.717) is 0 Å². The van der Waals surface area contributed by atoms with Crippen molar-refractivity contribution in [3.05, 3.63) is 163 Å². The summed E-state index contributed by atoms with van der Waals surface area (Å²) in [6.07, 6.45) is 4.07. The molecule has 0 saturated heterocycles. The van der Waals surface area contributed by atoms with Crippen molar-refractivity contribution in [1.82, 2.24) is 9.97 Å². The molecule has 8 aromatic rings. The van der Waals surface area contributed by atoms with Crippen molar-refractivity contribution < 1.29 is 20.1 Å². The predicted molar refractivity (Wildman–Crippen MR) is 213 cm³/mol. The van der Waals surface area contributed by atoms with Crippen molar-refractivity contribution in [3.8, 4) is 44.8 Å². The maximum absolute atomic E-state index is 4.85. The molecule has 249 valence electrons. The Labute approximate surface area is 316 Å². The quantitative estimate of drug-likeness (QED) is 0.127. The van der Waals surface area contributed by atoms with Crippen molar-refractivity contribution in [2.24, 2.45) is 0 Å². The van der Waals surface area contributed by atoms with Gasteiger partial charge >= 0.3 is 106 Å². The average Bonchev–Trinajstić information content (AvgIpc) is 3.51. The molecular formula is C45H38GeIrN2S-2. The van der Waals surface area contributed by atoms with Gasteiger partial charge in [-0.1, -0.05) is 84.2 Å². The predicted octanol–water partition coefficient (Wildman–Crippen LogP) is 12.0. The Morgan fingerprint density at radius 3 is 1.92 bits per heavy atom. The maximum Gasteiger partial charge on any atom is 0 e. The molecule has 50 heavy (non-hydrogen) atoms. The molecule has 0 aliphatic carbocycles. The summed E-state index contributed by atoms with van der Waals surface area (Å²) in [6.45, 7) is 4.35. The van der Waals surface area contributed by atoms with Gasteiger partial charge in [0.05, 0.1) is 0 Å². The average molecular weight is 904 g/mol. The fourth-order valence-electron chi connectivity index (χ4n) is 6.40. The van der Waals surface area contributed by atoms with Crippen LogP contribution in [0.1, 0.15) is 11.1 Å². The van der Waals surface area contributed by atoms with Gasteiger partial charge < -0.3 is 4.98 Å². The molecule has 0 aliphatic heterocycles. The van der Waals surface area contributed by atoms with Crippen LogP contribution in [0.15, 0.2) is 140 Å². The molecule has 3 heterocycles. The second kappa shape index (κ2) is 15.4. The summed E-state index contributed by atoms with van der Waals surface area (Å²) in [5, 5.41) is 2.56. The first-order chi connectivity index (χ1) is 23.8. The summed E-state index contributed by atoms with van der Waals surface area (Å²) < 4.78 is 4.02. The molecule has 0 fully saturated rings. The summed E-state index contributed by atoms with van der Waals surface area (Å²) >= 11 is 0.0545. The number of aryl methyl sites for hydroxylation is 2. The van der Waals surface area contributed by atoms with E-state index in [9.17, 15) is 0 Å². The van der Waals surface area contributed by atoms with Gasteiger partial charge in [0.25, 0.3) is 0 Å². The summed E-state index contributed by atoms with van der Waals surface area (Å²) in [5.74, 6) is 7.20. The van der Waals surface area contributed by atoms with Gasteiger partial charge in [-0.05, 0) is 51.0 Å². The molecule has 0 amide bonds. The fraction of sp³-hybridized carbons (Fsp3) is 0.111.